The number of halogens is 2. The van der Waals surface area contributed by atoms with Gasteiger partial charge in [-0.15, -0.1) is 0 Å². The van der Waals surface area contributed by atoms with Crippen LogP contribution in [0.5, 0.6) is 5.75 Å². The first-order chi connectivity index (χ1) is 9.99. The molecule has 116 valence electrons. The maximum Gasteiger partial charge on any atom is 0.387 e. The lowest BCUT2D eigenvalue weighted by molar-refractivity contribution is -0.128. The molecular weight excluding hydrogens is 278 g/mol. The van der Waals surface area contributed by atoms with Gasteiger partial charge in [-0.2, -0.15) is 8.78 Å². The first kappa shape index (κ1) is 15.7. The van der Waals surface area contributed by atoms with Crippen LogP contribution in [-0.2, 0) is 4.79 Å². The SMILES string of the molecule is CC(C)CCN1C(=O)CNC1c1ccccc1OC(F)F. The Morgan fingerprint density at radius 1 is 1.38 bits per heavy atom. The minimum absolute atomic E-state index is 0.0208. The molecule has 1 N–H and O–H groups in total. The molecule has 0 aliphatic carbocycles. The number of carbonyl (C=O) groups is 1. The van der Waals surface area contributed by atoms with Crippen LogP contribution in [0.15, 0.2) is 24.3 Å². The number of rotatable bonds is 6. The summed E-state index contributed by atoms with van der Waals surface area (Å²) in [5.74, 6) is 0.549. The molecule has 21 heavy (non-hydrogen) atoms. The molecule has 1 amide bonds. The maximum atomic E-state index is 12.5. The number of benzene rings is 1. The molecule has 1 aliphatic rings. The van der Waals surface area contributed by atoms with E-state index in [-0.39, 0.29) is 18.2 Å². The summed E-state index contributed by atoms with van der Waals surface area (Å²) in [6.45, 7) is 2.09. The standard InChI is InChI=1S/C15H20F2N2O2/c1-10(2)7-8-19-13(20)9-18-14(19)11-5-3-4-6-12(11)21-15(16)17/h3-6,10,14-15,18H,7-9H2,1-2H3. The Morgan fingerprint density at radius 2 is 2.10 bits per heavy atom. The Morgan fingerprint density at radius 3 is 2.76 bits per heavy atom. The number of alkyl halides is 2. The van der Waals surface area contributed by atoms with Gasteiger partial charge in [0.05, 0.1) is 6.54 Å². The number of hydrogen-bond acceptors (Lipinski definition) is 3. The molecule has 1 aliphatic heterocycles. The zero-order valence-corrected chi connectivity index (χ0v) is 12.2. The molecule has 0 aromatic heterocycles. The summed E-state index contributed by atoms with van der Waals surface area (Å²) in [7, 11) is 0. The van der Waals surface area contributed by atoms with Gasteiger partial charge in [-0.1, -0.05) is 32.0 Å². The second kappa shape index (κ2) is 6.85. The molecule has 1 aromatic carbocycles. The van der Waals surface area contributed by atoms with Crippen molar-refractivity contribution in [3.63, 3.8) is 0 Å². The first-order valence-corrected chi connectivity index (χ1v) is 7.05. The van der Waals surface area contributed by atoms with Crippen LogP contribution < -0.4 is 10.1 Å². The topological polar surface area (TPSA) is 41.6 Å². The number of amides is 1. The van der Waals surface area contributed by atoms with E-state index in [9.17, 15) is 13.6 Å². The molecule has 2 rings (SSSR count). The Kier molecular flexibility index (Phi) is 5.12. The van der Waals surface area contributed by atoms with E-state index in [2.05, 4.69) is 23.9 Å². The van der Waals surface area contributed by atoms with Crippen molar-refractivity contribution in [3.8, 4) is 5.75 Å². The number of para-hydroxylation sites is 1. The second-order valence-corrected chi connectivity index (χ2v) is 5.47. The molecule has 0 bridgehead atoms. The normalized spacial score (nSPS) is 18.9. The molecule has 1 atom stereocenters. The van der Waals surface area contributed by atoms with Crippen molar-refractivity contribution in [3.05, 3.63) is 29.8 Å². The predicted molar refractivity (Wildman–Crippen MR) is 75.0 cm³/mol. The van der Waals surface area contributed by atoms with Crippen LogP contribution in [0, 0.1) is 5.92 Å². The van der Waals surface area contributed by atoms with Gasteiger partial charge in [-0.25, -0.2) is 0 Å². The van der Waals surface area contributed by atoms with E-state index in [1.807, 2.05) is 0 Å². The molecule has 6 heteroatoms. The van der Waals surface area contributed by atoms with Gasteiger partial charge < -0.3 is 9.64 Å². The molecule has 1 saturated heterocycles. The maximum absolute atomic E-state index is 12.5. The molecular formula is C15H20F2N2O2. The molecule has 0 spiro atoms. The van der Waals surface area contributed by atoms with Gasteiger partial charge in [0.15, 0.2) is 0 Å². The quantitative estimate of drug-likeness (QED) is 0.878. The molecule has 0 radical (unpaired) electrons. The summed E-state index contributed by atoms with van der Waals surface area (Å²) >= 11 is 0. The van der Waals surface area contributed by atoms with E-state index in [0.29, 0.717) is 18.0 Å². The van der Waals surface area contributed by atoms with Crippen molar-refractivity contribution < 1.29 is 18.3 Å². The molecule has 1 unspecified atom stereocenters. The predicted octanol–water partition coefficient (Wildman–Crippen LogP) is 2.76. The minimum atomic E-state index is -2.88. The zero-order chi connectivity index (χ0) is 15.4. The fourth-order valence-corrected chi connectivity index (χ4v) is 2.38. The lowest BCUT2D eigenvalue weighted by atomic mass is 10.1. The largest absolute Gasteiger partial charge is 0.434 e. The second-order valence-electron chi connectivity index (χ2n) is 5.47. The van der Waals surface area contributed by atoms with E-state index in [4.69, 9.17) is 0 Å². The summed E-state index contributed by atoms with van der Waals surface area (Å²) in [5.41, 5.74) is 0.562. The fraction of sp³-hybridized carbons (Fsp3) is 0.533. The van der Waals surface area contributed by atoms with Crippen LogP contribution in [0.4, 0.5) is 8.78 Å². The van der Waals surface area contributed by atoms with Crippen LogP contribution in [-0.4, -0.2) is 30.5 Å². The van der Waals surface area contributed by atoms with E-state index in [1.54, 1.807) is 23.1 Å². The molecule has 4 nitrogen and oxygen atoms in total. The van der Waals surface area contributed by atoms with E-state index >= 15 is 0 Å². The summed E-state index contributed by atoms with van der Waals surface area (Å²) in [6, 6.07) is 6.58. The minimum Gasteiger partial charge on any atom is -0.434 e. The number of nitrogens with one attached hydrogen (secondary N) is 1. The highest BCUT2D eigenvalue weighted by Gasteiger charge is 2.33. The molecule has 1 heterocycles. The molecule has 1 aromatic rings. The summed E-state index contributed by atoms with van der Waals surface area (Å²) in [5, 5.41) is 3.06. The van der Waals surface area contributed by atoms with Crippen LogP contribution in [0.3, 0.4) is 0 Å². The zero-order valence-electron chi connectivity index (χ0n) is 12.2. The first-order valence-electron chi connectivity index (χ1n) is 7.05. The van der Waals surface area contributed by atoms with Crippen molar-refractivity contribution in [2.45, 2.75) is 33.0 Å². The Balaban J connectivity index is 2.21. The number of nitrogens with zero attached hydrogens (tertiary/aromatic N) is 1. The highest BCUT2D eigenvalue weighted by atomic mass is 19.3. The summed E-state index contributed by atoms with van der Waals surface area (Å²) in [6.07, 6.45) is 0.452. The molecule has 0 saturated carbocycles. The van der Waals surface area contributed by atoms with Gasteiger partial charge in [0.25, 0.3) is 0 Å². The van der Waals surface area contributed by atoms with Crippen molar-refractivity contribution >= 4 is 5.91 Å². The fourth-order valence-electron chi connectivity index (χ4n) is 2.38. The molecule has 1 fully saturated rings. The summed E-state index contributed by atoms with van der Waals surface area (Å²) in [4.78, 5) is 13.7. The number of carbonyl (C=O) groups excluding carboxylic acids is 1. The average Bonchev–Trinajstić information content (AvgIpc) is 2.77. The van der Waals surface area contributed by atoms with Gasteiger partial charge in [-0.3, -0.25) is 10.1 Å². The van der Waals surface area contributed by atoms with Crippen molar-refractivity contribution in [2.24, 2.45) is 5.92 Å². The van der Waals surface area contributed by atoms with Crippen LogP contribution >= 0.6 is 0 Å². The van der Waals surface area contributed by atoms with E-state index in [1.165, 1.54) is 6.07 Å². The highest BCUT2D eigenvalue weighted by molar-refractivity contribution is 5.81. The summed E-state index contributed by atoms with van der Waals surface area (Å²) < 4.78 is 29.5. The third-order valence-electron chi connectivity index (χ3n) is 3.46. The Hall–Kier alpha value is -1.69. The van der Waals surface area contributed by atoms with Gasteiger partial charge in [-0.05, 0) is 18.4 Å². The third kappa shape index (κ3) is 3.91. The third-order valence-corrected chi connectivity index (χ3v) is 3.46. The van der Waals surface area contributed by atoms with E-state index < -0.39 is 12.8 Å². The van der Waals surface area contributed by atoms with Crippen molar-refractivity contribution in [2.75, 3.05) is 13.1 Å². The van der Waals surface area contributed by atoms with Crippen LogP contribution in [0.25, 0.3) is 0 Å². The lowest BCUT2D eigenvalue weighted by Crippen LogP contribution is -2.32. The van der Waals surface area contributed by atoms with Crippen LogP contribution in [0.1, 0.15) is 32.0 Å². The van der Waals surface area contributed by atoms with Crippen LogP contribution in [0.2, 0.25) is 0 Å². The van der Waals surface area contributed by atoms with Gasteiger partial charge in [0.2, 0.25) is 5.91 Å². The Labute approximate surface area is 123 Å². The van der Waals surface area contributed by atoms with Gasteiger partial charge in [0, 0.05) is 12.1 Å². The van der Waals surface area contributed by atoms with Crippen molar-refractivity contribution in [1.29, 1.82) is 0 Å². The number of hydrogen-bond donors (Lipinski definition) is 1. The van der Waals surface area contributed by atoms with Gasteiger partial charge in [0.1, 0.15) is 11.9 Å². The van der Waals surface area contributed by atoms with E-state index in [0.717, 1.165) is 6.42 Å². The monoisotopic (exact) mass is 298 g/mol. The highest BCUT2D eigenvalue weighted by Crippen LogP contribution is 2.31. The Bertz CT molecular complexity index is 494. The lowest BCUT2D eigenvalue weighted by Gasteiger charge is -2.26. The number of ether oxygens (including phenoxy) is 1. The smallest absolute Gasteiger partial charge is 0.387 e. The average molecular weight is 298 g/mol. The van der Waals surface area contributed by atoms with Gasteiger partial charge >= 0.3 is 6.61 Å². The van der Waals surface area contributed by atoms with Crippen molar-refractivity contribution in [1.82, 2.24) is 10.2 Å².